The van der Waals surface area contributed by atoms with Gasteiger partial charge >= 0.3 is 0 Å². The van der Waals surface area contributed by atoms with Crippen molar-refractivity contribution < 1.29 is 17.9 Å². The molecule has 0 saturated carbocycles. The highest BCUT2D eigenvalue weighted by Crippen LogP contribution is 2.21. The molecule has 1 saturated heterocycles. The Morgan fingerprint density at radius 3 is 2.52 bits per heavy atom. The number of nitrogens with one attached hydrogen (secondary N) is 2. The lowest BCUT2D eigenvalue weighted by Crippen LogP contribution is -2.58. The van der Waals surface area contributed by atoms with Gasteiger partial charge in [-0.2, -0.15) is 0 Å². The number of nitrogens with zero attached hydrogens (tertiary/aromatic N) is 1. The maximum Gasteiger partial charge on any atom is 0.261 e. The minimum atomic E-state index is -3.19. The van der Waals surface area contributed by atoms with Gasteiger partial charge in [-0.25, -0.2) is 13.1 Å². The molecular weight excluding hydrogens is 386 g/mol. The van der Waals surface area contributed by atoms with Crippen LogP contribution in [0.5, 0.6) is 0 Å². The molecule has 1 aliphatic rings. The van der Waals surface area contributed by atoms with Gasteiger partial charge in [0.2, 0.25) is 10.0 Å². The third kappa shape index (κ3) is 7.15. The predicted molar refractivity (Wildman–Crippen MR) is 109 cm³/mol. The SMILES string of the molecule is CC1CN(C(C)(C)CNC(=O)c2ccc(CCNS(C)(=O)=O)s2)CC(C)O1. The lowest BCUT2D eigenvalue weighted by molar-refractivity contribution is -0.0948. The molecule has 0 bridgehead atoms. The van der Waals surface area contributed by atoms with Gasteiger partial charge in [-0.05, 0) is 46.2 Å². The molecule has 1 fully saturated rings. The summed E-state index contributed by atoms with van der Waals surface area (Å²) in [6.07, 6.45) is 2.08. The molecular formula is C18H31N3O4S2. The van der Waals surface area contributed by atoms with E-state index in [1.165, 1.54) is 11.3 Å². The van der Waals surface area contributed by atoms with Crippen molar-refractivity contribution >= 4 is 27.3 Å². The normalized spacial score (nSPS) is 22.0. The number of rotatable bonds is 8. The summed E-state index contributed by atoms with van der Waals surface area (Å²) in [4.78, 5) is 16.5. The predicted octanol–water partition coefficient (Wildman–Crippen LogP) is 1.46. The van der Waals surface area contributed by atoms with Crippen LogP contribution in [0.3, 0.4) is 0 Å². The van der Waals surface area contributed by atoms with Gasteiger partial charge in [0.15, 0.2) is 0 Å². The van der Waals surface area contributed by atoms with E-state index in [1.54, 1.807) is 6.07 Å². The van der Waals surface area contributed by atoms with Crippen LogP contribution in [0.25, 0.3) is 0 Å². The molecule has 0 spiro atoms. The highest BCUT2D eigenvalue weighted by Gasteiger charge is 2.33. The van der Waals surface area contributed by atoms with Crippen molar-refractivity contribution in [1.29, 1.82) is 0 Å². The molecule has 154 valence electrons. The number of sulfonamides is 1. The minimum Gasteiger partial charge on any atom is -0.373 e. The van der Waals surface area contributed by atoms with Gasteiger partial charge in [-0.15, -0.1) is 11.3 Å². The molecule has 2 atom stereocenters. The molecule has 0 radical (unpaired) electrons. The number of morpholine rings is 1. The van der Waals surface area contributed by atoms with E-state index in [1.807, 2.05) is 6.07 Å². The third-order valence-electron chi connectivity index (χ3n) is 4.58. The second-order valence-corrected chi connectivity index (χ2v) is 10.8. The number of hydrogen-bond donors (Lipinski definition) is 2. The fourth-order valence-electron chi connectivity index (χ4n) is 3.16. The Kier molecular flexibility index (Phi) is 7.43. The summed E-state index contributed by atoms with van der Waals surface area (Å²) in [5.74, 6) is -0.0928. The van der Waals surface area contributed by atoms with E-state index in [2.05, 4.69) is 42.6 Å². The quantitative estimate of drug-likeness (QED) is 0.669. The van der Waals surface area contributed by atoms with E-state index in [0.29, 0.717) is 24.4 Å². The molecule has 2 N–H and O–H groups in total. The van der Waals surface area contributed by atoms with E-state index in [-0.39, 0.29) is 23.7 Å². The van der Waals surface area contributed by atoms with Crippen LogP contribution in [0.15, 0.2) is 12.1 Å². The van der Waals surface area contributed by atoms with Crippen molar-refractivity contribution in [3.05, 3.63) is 21.9 Å². The van der Waals surface area contributed by atoms with Gasteiger partial charge in [-0.1, -0.05) is 0 Å². The molecule has 1 aromatic rings. The molecule has 2 heterocycles. The average Bonchev–Trinajstić information content (AvgIpc) is 2.99. The van der Waals surface area contributed by atoms with Crippen LogP contribution >= 0.6 is 11.3 Å². The van der Waals surface area contributed by atoms with Crippen LogP contribution in [0.1, 0.15) is 42.2 Å². The van der Waals surface area contributed by atoms with Crippen LogP contribution in [0.2, 0.25) is 0 Å². The van der Waals surface area contributed by atoms with Gasteiger partial charge in [0.05, 0.1) is 23.3 Å². The van der Waals surface area contributed by atoms with Gasteiger partial charge in [-0.3, -0.25) is 9.69 Å². The molecule has 1 aliphatic heterocycles. The summed E-state index contributed by atoms with van der Waals surface area (Å²) in [7, 11) is -3.19. The van der Waals surface area contributed by atoms with E-state index in [0.717, 1.165) is 24.2 Å². The first kappa shape index (κ1) is 22.3. The van der Waals surface area contributed by atoms with Crippen LogP contribution < -0.4 is 10.0 Å². The Morgan fingerprint density at radius 2 is 1.93 bits per heavy atom. The average molecular weight is 418 g/mol. The van der Waals surface area contributed by atoms with Crippen molar-refractivity contribution in [1.82, 2.24) is 14.9 Å². The largest absolute Gasteiger partial charge is 0.373 e. The smallest absolute Gasteiger partial charge is 0.261 e. The van der Waals surface area contributed by atoms with Crippen molar-refractivity contribution in [2.24, 2.45) is 0 Å². The van der Waals surface area contributed by atoms with Gasteiger partial charge in [0.25, 0.3) is 5.91 Å². The molecule has 1 amide bonds. The van der Waals surface area contributed by atoms with Crippen LogP contribution in [0, 0.1) is 0 Å². The van der Waals surface area contributed by atoms with Crippen molar-refractivity contribution in [3.8, 4) is 0 Å². The Morgan fingerprint density at radius 1 is 1.30 bits per heavy atom. The Bertz CT molecular complexity index is 736. The molecule has 7 nitrogen and oxygen atoms in total. The summed E-state index contributed by atoms with van der Waals surface area (Å²) >= 11 is 1.40. The first-order valence-electron chi connectivity index (χ1n) is 9.18. The molecule has 2 unspecified atom stereocenters. The summed E-state index contributed by atoms with van der Waals surface area (Å²) in [6.45, 7) is 11.0. The Hall–Kier alpha value is -1.00. The fourth-order valence-corrected chi connectivity index (χ4v) is 4.56. The van der Waals surface area contributed by atoms with Crippen molar-refractivity contribution in [3.63, 3.8) is 0 Å². The molecule has 27 heavy (non-hydrogen) atoms. The zero-order chi connectivity index (χ0) is 20.2. The third-order valence-corrected chi connectivity index (χ3v) is 6.45. The molecule has 1 aromatic heterocycles. The lowest BCUT2D eigenvalue weighted by Gasteiger charge is -2.45. The highest BCUT2D eigenvalue weighted by atomic mass is 32.2. The van der Waals surface area contributed by atoms with Gasteiger partial charge in [0.1, 0.15) is 0 Å². The van der Waals surface area contributed by atoms with E-state index in [9.17, 15) is 13.2 Å². The number of carbonyl (C=O) groups excluding carboxylic acids is 1. The van der Waals surface area contributed by atoms with Crippen molar-refractivity contribution in [2.45, 2.75) is 51.9 Å². The van der Waals surface area contributed by atoms with E-state index >= 15 is 0 Å². The summed E-state index contributed by atoms with van der Waals surface area (Å²) < 4.78 is 30.5. The molecule has 9 heteroatoms. The summed E-state index contributed by atoms with van der Waals surface area (Å²) in [5, 5.41) is 3.04. The number of hydrogen-bond acceptors (Lipinski definition) is 6. The molecule has 2 rings (SSSR count). The standard InChI is InChI=1S/C18H31N3O4S2/c1-13-10-21(11-14(2)25-13)18(3,4)12-19-17(22)16-7-6-15(26-16)8-9-20-27(5,23)24/h6-7,13-14,20H,8-12H2,1-5H3,(H,19,22). The first-order valence-corrected chi connectivity index (χ1v) is 11.9. The van der Waals surface area contributed by atoms with E-state index in [4.69, 9.17) is 4.74 Å². The first-order chi connectivity index (χ1) is 12.5. The second kappa shape index (κ2) is 9.00. The zero-order valence-corrected chi connectivity index (χ0v) is 18.4. The van der Waals surface area contributed by atoms with Crippen molar-refractivity contribution in [2.75, 3.05) is 32.4 Å². The van der Waals surface area contributed by atoms with Crippen LogP contribution in [0.4, 0.5) is 0 Å². The summed E-state index contributed by atoms with van der Waals surface area (Å²) in [5.41, 5.74) is -0.165. The number of amides is 1. The minimum absolute atomic E-state index is 0.0928. The fraction of sp³-hybridized carbons (Fsp3) is 0.722. The van der Waals surface area contributed by atoms with Crippen LogP contribution in [-0.2, 0) is 21.2 Å². The number of thiophene rings is 1. The number of ether oxygens (including phenoxy) is 1. The molecule has 0 aromatic carbocycles. The Labute approximate surface area is 166 Å². The molecule has 0 aliphatic carbocycles. The maximum absolute atomic E-state index is 12.5. The second-order valence-electron chi connectivity index (χ2n) is 7.84. The topological polar surface area (TPSA) is 87.7 Å². The lowest BCUT2D eigenvalue weighted by atomic mass is 10.00. The Balaban J connectivity index is 1.86. The van der Waals surface area contributed by atoms with Gasteiger partial charge in [0, 0.05) is 36.6 Å². The monoisotopic (exact) mass is 417 g/mol. The summed E-state index contributed by atoms with van der Waals surface area (Å²) in [6, 6.07) is 3.67. The van der Waals surface area contributed by atoms with Gasteiger partial charge < -0.3 is 10.1 Å². The zero-order valence-electron chi connectivity index (χ0n) is 16.7. The maximum atomic E-state index is 12.5. The van der Waals surface area contributed by atoms with E-state index < -0.39 is 10.0 Å². The van der Waals surface area contributed by atoms with Crippen LogP contribution in [-0.4, -0.2) is 69.4 Å². The highest BCUT2D eigenvalue weighted by molar-refractivity contribution is 7.88. The number of carbonyl (C=O) groups is 1.